The molecular weight excluding hydrogens is 372 g/mol. The third-order valence-electron chi connectivity index (χ3n) is 2.64. The number of hydrogen-bond donors (Lipinski definition) is 1. The molecule has 1 aromatic heterocycles. The number of nitrogens with zero attached hydrogens (tertiary/aromatic N) is 1. The van der Waals surface area contributed by atoms with Crippen LogP contribution >= 0.6 is 31.9 Å². The Bertz CT molecular complexity index is 618. The van der Waals surface area contributed by atoms with Gasteiger partial charge in [0.05, 0.1) is 11.3 Å². The Labute approximate surface area is 128 Å². The Morgan fingerprint density at radius 3 is 2.53 bits per heavy atom. The highest BCUT2D eigenvalue weighted by molar-refractivity contribution is 9.10. The number of pyridine rings is 1. The van der Waals surface area contributed by atoms with E-state index in [1.165, 1.54) is 6.20 Å². The van der Waals surface area contributed by atoms with Crippen LogP contribution in [0.25, 0.3) is 0 Å². The van der Waals surface area contributed by atoms with Gasteiger partial charge in [0, 0.05) is 21.3 Å². The van der Waals surface area contributed by atoms with Crippen molar-refractivity contribution < 1.29 is 4.79 Å². The fourth-order valence-electron chi connectivity index (χ4n) is 1.80. The van der Waals surface area contributed by atoms with E-state index >= 15 is 0 Å². The fraction of sp³-hybridized carbons (Fsp3) is 0.143. The van der Waals surface area contributed by atoms with Gasteiger partial charge in [-0.05, 0) is 69.0 Å². The molecule has 0 bridgehead atoms. The highest BCUT2D eigenvalue weighted by Crippen LogP contribution is 2.28. The Morgan fingerprint density at radius 2 is 1.89 bits per heavy atom. The molecule has 1 N–H and O–H groups in total. The normalized spacial score (nSPS) is 10.3. The summed E-state index contributed by atoms with van der Waals surface area (Å²) in [6.45, 7) is 3.98. The molecule has 2 aromatic rings. The summed E-state index contributed by atoms with van der Waals surface area (Å²) in [4.78, 5) is 16.1. The Balaban J connectivity index is 2.29. The monoisotopic (exact) mass is 382 g/mol. The number of nitrogens with one attached hydrogen (secondary N) is 1. The van der Waals surface area contributed by atoms with E-state index in [1.54, 1.807) is 12.3 Å². The third kappa shape index (κ3) is 3.42. The zero-order valence-electron chi connectivity index (χ0n) is 10.5. The first-order chi connectivity index (χ1) is 8.97. The van der Waals surface area contributed by atoms with Gasteiger partial charge in [-0.1, -0.05) is 6.07 Å². The molecule has 0 saturated carbocycles. The van der Waals surface area contributed by atoms with Crippen LogP contribution in [0.4, 0.5) is 5.69 Å². The molecule has 0 fully saturated rings. The van der Waals surface area contributed by atoms with Crippen molar-refractivity contribution in [2.75, 3.05) is 5.32 Å². The van der Waals surface area contributed by atoms with E-state index in [4.69, 9.17) is 0 Å². The van der Waals surface area contributed by atoms with Gasteiger partial charge in [-0.3, -0.25) is 9.78 Å². The topological polar surface area (TPSA) is 42.0 Å². The highest BCUT2D eigenvalue weighted by atomic mass is 79.9. The summed E-state index contributed by atoms with van der Waals surface area (Å²) >= 11 is 6.78. The first-order valence-electron chi connectivity index (χ1n) is 5.66. The first kappa shape index (κ1) is 14.2. The zero-order chi connectivity index (χ0) is 14.0. The second-order valence-corrected chi connectivity index (χ2v) is 6.05. The molecule has 0 spiro atoms. The van der Waals surface area contributed by atoms with Crippen LogP contribution in [0.5, 0.6) is 0 Å². The summed E-state index contributed by atoms with van der Waals surface area (Å²) in [6.07, 6.45) is 3.18. The molecule has 0 aliphatic carbocycles. The Hall–Kier alpha value is -1.20. The number of carbonyl (C=O) groups excluding carboxylic acids is 1. The molecule has 1 heterocycles. The van der Waals surface area contributed by atoms with E-state index in [9.17, 15) is 4.79 Å². The van der Waals surface area contributed by atoms with Crippen molar-refractivity contribution in [3.8, 4) is 0 Å². The molecule has 0 atom stereocenters. The molecule has 0 aliphatic rings. The molecule has 1 aromatic carbocycles. The SMILES string of the molecule is Cc1cc(C)c(NC(=O)c2cncc(Br)c2)c(Br)c1. The Morgan fingerprint density at radius 1 is 1.16 bits per heavy atom. The molecule has 0 saturated heterocycles. The molecule has 3 nitrogen and oxygen atoms in total. The number of rotatable bonds is 2. The lowest BCUT2D eigenvalue weighted by Gasteiger charge is -2.11. The Kier molecular flexibility index (Phi) is 4.37. The molecule has 0 unspecified atom stereocenters. The highest BCUT2D eigenvalue weighted by Gasteiger charge is 2.11. The molecule has 0 aliphatic heterocycles. The maximum atomic E-state index is 12.2. The van der Waals surface area contributed by atoms with Crippen LogP contribution in [0.15, 0.2) is 39.5 Å². The number of amides is 1. The van der Waals surface area contributed by atoms with Gasteiger partial charge in [-0.25, -0.2) is 0 Å². The van der Waals surface area contributed by atoms with E-state index < -0.39 is 0 Å². The average molecular weight is 384 g/mol. The van der Waals surface area contributed by atoms with Crippen molar-refractivity contribution in [1.82, 2.24) is 4.98 Å². The minimum absolute atomic E-state index is 0.179. The second kappa shape index (κ2) is 5.84. The number of anilines is 1. The number of carbonyl (C=O) groups is 1. The van der Waals surface area contributed by atoms with Crippen molar-refractivity contribution in [1.29, 1.82) is 0 Å². The maximum absolute atomic E-state index is 12.2. The van der Waals surface area contributed by atoms with Gasteiger partial charge in [-0.2, -0.15) is 0 Å². The standard InChI is InChI=1S/C14H12Br2N2O/c1-8-3-9(2)13(12(16)4-8)18-14(19)10-5-11(15)7-17-6-10/h3-7H,1-2H3,(H,18,19). The second-order valence-electron chi connectivity index (χ2n) is 4.28. The molecule has 5 heteroatoms. The van der Waals surface area contributed by atoms with Crippen LogP contribution < -0.4 is 5.32 Å². The quantitative estimate of drug-likeness (QED) is 0.830. The minimum atomic E-state index is -0.179. The van der Waals surface area contributed by atoms with Gasteiger partial charge < -0.3 is 5.32 Å². The summed E-state index contributed by atoms with van der Waals surface area (Å²) in [5.74, 6) is -0.179. The van der Waals surface area contributed by atoms with Crippen LogP contribution in [0.2, 0.25) is 0 Å². The molecule has 98 valence electrons. The summed E-state index contributed by atoms with van der Waals surface area (Å²) < 4.78 is 1.65. The fourth-order valence-corrected chi connectivity index (χ4v) is 2.93. The summed E-state index contributed by atoms with van der Waals surface area (Å²) in [5, 5.41) is 2.90. The smallest absolute Gasteiger partial charge is 0.257 e. The average Bonchev–Trinajstić information content (AvgIpc) is 2.33. The van der Waals surface area contributed by atoms with Crippen molar-refractivity contribution >= 4 is 43.5 Å². The number of halogens is 2. The lowest BCUT2D eigenvalue weighted by molar-refractivity contribution is 0.102. The van der Waals surface area contributed by atoms with Crippen molar-refractivity contribution in [2.24, 2.45) is 0 Å². The van der Waals surface area contributed by atoms with E-state index in [2.05, 4.69) is 42.2 Å². The van der Waals surface area contributed by atoms with Crippen molar-refractivity contribution in [2.45, 2.75) is 13.8 Å². The van der Waals surface area contributed by atoms with Crippen LogP contribution in [0.3, 0.4) is 0 Å². The first-order valence-corrected chi connectivity index (χ1v) is 7.24. The summed E-state index contributed by atoms with van der Waals surface area (Å²) in [5.41, 5.74) is 3.46. The molecular formula is C14H12Br2N2O. The molecule has 0 radical (unpaired) electrons. The predicted octanol–water partition coefficient (Wildman–Crippen LogP) is 4.48. The van der Waals surface area contributed by atoms with E-state index in [0.29, 0.717) is 5.56 Å². The van der Waals surface area contributed by atoms with Crippen LogP contribution in [0.1, 0.15) is 21.5 Å². The van der Waals surface area contributed by atoms with Gasteiger partial charge in [-0.15, -0.1) is 0 Å². The predicted molar refractivity (Wildman–Crippen MR) is 83.5 cm³/mol. The number of benzene rings is 1. The maximum Gasteiger partial charge on any atom is 0.257 e. The van der Waals surface area contributed by atoms with Crippen LogP contribution in [-0.2, 0) is 0 Å². The van der Waals surface area contributed by atoms with Crippen LogP contribution in [0, 0.1) is 13.8 Å². The van der Waals surface area contributed by atoms with Gasteiger partial charge in [0.2, 0.25) is 0 Å². The molecule has 2 rings (SSSR count). The van der Waals surface area contributed by atoms with Gasteiger partial charge in [0.25, 0.3) is 5.91 Å². The summed E-state index contributed by atoms with van der Waals surface area (Å²) in [6, 6.07) is 5.74. The summed E-state index contributed by atoms with van der Waals surface area (Å²) in [7, 11) is 0. The number of aromatic nitrogens is 1. The van der Waals surface area contributed by atoms with Gasteiger partial charge in [0.1, 0.15) is 0 Å². The minimum Gasteiger partial charge on any atom is -0.321 e. The zero-order valence-corrected chi connectivity index (χ0v) is 13.7. The van der Waals surface area contributed by atoms with E-state index in [0.717, 1.165) is 25.8 Å². The number of aryl methyl sites for hydroxylation is 2. The lowest BCUT2D eigenvalue weighted by Crippen LogP contribution is -2.13. The third-order valence-corrected chi connectivity index (χ3v) is 3.70. The van der Waals surface area contributed by atoms with Crippen molar-refractivity contribution in [3.63, 3.8) is 0 Å². The lowest BCUT2D eigenvalue weighted by atomic mass is 10.1. The van der Waals surface area contributed by atoms with Gasteiger partial charge >= 0.3 is 0 Å². The van der Waals surface area contributed by atoms with E-state index in [1.807, 2.05) is 26.0 Å². The largest absolute Gasteiger partial charge is 0.321 e. The van der Waals surface area contributed by atoms with Crippen molar-refractivity contribution in [3.05, 3.63) is 56.2 Å². The van der Waals surface area contributed by atoms with Crippen LogP contribution in [-0.4, -0.2) is 10.9 Å². The number of hydrogen-bond acceptors (Lipinski definition) is 2. The molecule has 19 heavy (non-hydrogen) atoms. The molecule has 1 amide bonds. The van der Waals surface area contributed by atoms with E-state index in [-0.39, 0.29) is 5.91 Å². The van der Waals surface area contributed by atoms with Gasteiger partial charge in [0.15, 0.2) is 0 Å².